The van der Waals surface area contributed by atoms with Crippen molar-refractivity contribution in [1.29, 1.82) is 0 Å². The third kappa shape index (κ3) is 3.80. The highest BCUT2D eigenvalue weighted by Crippen LogP contribution is 2.19. The number of rotatable bonds is 5. The van der Waals surface area contributed by atoms with Crippen LogP contribution in [0.2, 0.25) is 0 Å². The summed E-state index contributed by atoms with van der Waals surface area (Å²) in [6, 6.07) is 5.19. The van der Waals surface area contributed by atoms with Gasteiger partial charge in [-0.2, -0.15) is 0 Å². The Balaban J connectivity index is 2.01. The fraction of sp³-hybridized carbons (Fsp3) is 0.467. The molecule has 1 aliphatic heterocycles. The third-order valence-electron chi connectivity index (χ3n) is 3.40. The quantitative estimate of drug-likeness (QED) is 0.795. The lowest BCUT2D eigenvalue weighted by atomic mass is 10.0. The van der Waals surface area contributed by atoms with Gasteiger partial charge in [0.1, 0.15) is 6.61 Å². The van der Waals surface area contributed by atoms with Crippen molar-refractivity contribution in [3.8, 4) is 0 Å². The summed E-state index contributed by atoms with van der Waals surface area (Å²) in [6.07, 6.45) is 0. The van der Waals surface area contributed by atoms with E-state index < -0.39 is 5.97 Å². The Bertz CT molecular complexity index is 553. The molecule has 114 valence electrons. The van der Waals surface area contributed by atoms with Crippen molar-refractivity contribution in [3.05, 3.63) is 29.3 Å². The minimum absolute atomic E-state index is 0.0489. The second kappa shape index (κ2) is 6.24. The molecule has 1 aromatic rings. The van der Waals surface area contributed by atoms with E-state index in [1.807, 2.05) is 19.9 Å². The maximum Gasteiger partial charge on any atom is 0.339 e. The van der Waals surface area contributed by atoms with Gasteiger partial charge in [0.2, 0.25) is 5.91 Å². The number of hydrogen-bond acceptors (Lipinski definition) is 5. The smallest absolute Gasteiger partial charge is 0.339 e. The molecule has 1 fully saturated rings. The number of ether oxygens (including phenoxy) is 2. The van der Waals surface area contributed by atoms with Crippen LogP contribution in [0, 0.1) is 6.92 Å². The van der Waals surface area contributed by atoms with E-state index in [0.717, 1.165) is 18.7 Å². The van der Waals surface area contributed by atoms with E-state index in [1.165, 1.54) is 7.11 Å². The Morgan fingerprint density at radius 1 is 1.38 bits per heavy atom. The Hall–Kier alpha value is -1.92. The van der Waals surface area contributed by atoms with Crippen LogP contribution in [0.4, 0.5) is 5.69 Å². The van der Waals surface area contributed by atoms with Crippen molar-refractivity contribution < 1.29 is 19.1 Å². The summed E-state index contributed by atoms with van der Waals surface area (Å²) >= 11 is 0. The summed E-state index contributed by atoms with van der Waals surface area (Å²) in [5, 5.41) is 5.78. The zero-order chi connectivity index (χ0) is 15.5. The number of carbonyl (C=O) groups is 2. The molecule has 0 aliphatic carbocycles. The van der Waals surface area contributed by atoms with Crippen molar-refractivity contribution in [1.82, 2.24) is 5.32 Å². The highest BCUT2D eigenvalue weighted by Gasteiger charge is 2.33. The van der Waals surface area contributed by atoms with Gasteiger partial charge in [-0.25, -0.2) is 4.79 Å². The van der Waals surface area contributed by atoms with E-state index >= 15 is 0 Å². The number of nitrogens with one attached hydrogen (secondary N) is 2. The van der Waals surface area contributed by atoms with Crippen LogP contribution in [0.25, 0.3) is 0 Å². The van der Waals surface area contributed by atoms with Crippen molar-refractivity contribution in [3.63, 3.8) is 0 Å². The van der Waals surface area contributed by atoms with Gasteiger partial charge < -0.3 is 20.1 Å². The first-order chi connectivity index (χ1) is 9.93. The molecule has 0 aromatic heterocycles. The van der Waals surface area contributed by atoms with Crippen LogP contribution in [0.5, 0.6) is 0 Å². The van der Waals surface area contributed by atoms with Gasteiger partial charge in [0.05, 0.1) is 24.0 Å². The lowest BCUT2D eigenvalue weighted by Gasteiger charge is -2.38. The maximum atomic E-state index is 11.9. The Kier molecular flexibility index (Phi) is 4.59. The maximum absolute atomic E-state index is 11.9. The van der Waals surface area contributed by atoms with Gasteiger partial charge in [-0.15, -0.1) is 0 Å². The van der Waals surface area contributed by atoms with Crippen LogP contribution in [0.3, 0.4) is 0 Å². The number of amides is 1. The Morgan fingerprint density at radius 3 is 2.67 bits per heavy atom. The van der Waals surface area contributed by atoms with Crippen molar-refractivity contribution >= 4 is 17.6 Å². The van der Waals surface area contributed by atoms with Crippen LogP contribution in [0.1, 0.15) is 22.8 Å². The number of methoxy groups -OCH3 is 1. The summed E-state index contributed by atoms with van der Waals surface area (Å²) in [7, 11) is 1.31. The van der Waals surface area contributed by atoms with Crippen LogP contribution < -0.4 is 10.6 Å². The predicted molar refractivity (Wildman–Crippen MR) is 78.4 cm³/mol. The van der Waals surface area contributed by atoms with Crippen molar-refractivity contribution in [2.75, 3.05) is 32.1 Å². The van der Waals surface area contributed by atoms with E-state index in [-0.39, 0.29) is 18.1 Å². The van der Waals surface area contributed by atoms with E-state index in [4.69, 9.17) is 9.47 Å². The lowest BCUT2D eigenvalue weighted by molar-refractivity contribution is -0.130. The minimum Gasteiger partial charge on any atom is -0.465 e. The fourth-order valence-corrected chi connectivity index (χ4v) is 2.05. The highest BCUT2D eigenvalue weighted by molar-refractivity contribution is 6.01. The average molecular weight is 292 g/mol. The molecule has 1 aliphatic rings. The molecule has 1 amide bonds. The molecule has 6 heteroatoms. The zero-order valence-electron chi connectivity index (χ0n) is 12.5. The van der Waals surface area contributed by atoms with E-state index in [0.29, 0.717) is 11.3 Å². The first-order valence-electron chi connectivity index (χ1n) is 6.77. The monoisotopic (exact) mass is 292 g/mol. The van der Waals surface area contributed by atoms with Gasteiger partial charge in [-0.05, 0) is 26.0 Å². The molecule has 0 radical (unpaired) electrons. The molecule has 0 saturated carbocycles. The highest BCUT2D eigenvalue weighted by atomic mass is 16.5. The molecule has 0 spiro atoms. The van der Waals surface area contributed by atoms with Gasteiger partial charge in [-0.3, -0.25) is 4.79 Å². The molecule has 0 unspecified atom stereocenters. The van der Waals surface area contributed by atoms with E-state index in [9.17, 15) is 9.59 Å². The average Bonchev–Trinajstić information content (AvgIpc) is 2.44. The fourth-order valence-electron chi connectivity index (χ4n) is 2.05. The van der Waals surface area contributed by atoms with E-state index in [1.54, 1.807) is 12.1 Å². The van der Waals surface area contributed by atoms with Crippen LogP contribution in [-0.4, -0.2) is 44.3 Å². The molecular weight excluding hydrogens is 272 g/mol. The molecule has 2 rings (SSSR count). The van der Waals surface area contributed by atoms with E-state index in [2.05, 4.69) is 10.6 Å². The van der Waals surface area contributed by atoms with Gasteiger partial charge >= 0.3 is 5.97 Å². The normalized spacial score (nSPS) is 16.0. The number of benzene rings is 1. The second-order valence-electron chi connectivity index (χ2n) is 5.43. The minimum atomic E-state index is -0.481. The molecule has 1 heterocycles. The van der Waals surface area contributed by atoms with Crippen LogP contribution in [-0.2, 0) is 14.3 Å². The summed E-state index contributed by atoms with van der Waals surface area (Å²) in [5.74, 6) is -0.776. The molecular formula is C15H20N2O4. The second-order valence-corrected chi connectivity index (χ2v) is 5.43. The zero-order valence-corrected chi connectivity index (χ0v) is 12.5. The number of carbonyl (C=O) groups excluding carboxylic acids is 2. The Morgan fingerprint density at radius 2 is 2.10 bits per heavy atom. The summed E-state index contributed by atoms with van der Waals surface area (Å²) in [4.78, 5) is 23.7. The standard InChI is InChI=1S/C15H20N2O4/c1-10-4-5-12(11(6-10)14(19)20-3)17-13(18)7-21-15(2)8-16-9-15/h4-6,16H,7-9H2,1-3H3,(H,17,18). The molecule has 0 bridgehead atoms. The number of aryl methyl sites for hydroxylation is 1. The van der Waals surface area contributed by atoms with Crippen LogP contribution in [0.15, 0.2) is 18.2 Å². The Labute approximate surface area is 123 Å². The largest absolute Gasteiger partial charge is 0.465 e. The van der Waals surface area contributed by atoms with Crippen LogP contribution >= 0.6 is 0 Å². The topological polar surface area (TPSA) is 76.7 Å². The first-order valence-corrected chi connectivity index (χ1v) is 6.77. The molecule has 2 N–H and O–H groups in total. The molecule has 6 nitrogen and oxygen atoms in total. The summed E-state index contributed by atoms with van der Waals surface area (Å²) in [6.45, 7) is 5.23. The number of hydrogen-bond donors (Lipinski definition) is 2. The van der Waals surface area contributed by atoms with Gasteiger partial charge in [0, 0.05) is 13.1 Å². The molecule has 21 heavy (non-hydrogen) atoms. The number of anilines is 1. The first kappa shape index (κ1) is 15.5. The van der Waals surface area contributed by atoms with Gasteiger partial charge in [0.15, 0.2) is 0 Å². The predicted octanol–water partition coefficient (Wildman–Crippen LogP) is 1.10. The molecule has 1 saturated heterocycles. The molecule has 1 aromatic carbocycles. The van der Waals surface area contributed by atoms with Crippen molar-refractivity contribution in [2.45, 2.75) is 19.4 Å². The lowest BCUT2D eigenvalue weighted by Crippen LogP contribution is -2.59. The van der Waals surface area contributed by atoms with Gasteiger partial charge in [0.25, 0.3) is 0 Å². The SMILES string of the molecule is COC(=O)c1cc(C)ccc1NC(=O)COC1(C)CNC1. The molecule has 0 atom stereocenters. The van der Waals surface area contributed by atoms with Gasteiger partial charge in [-0.1, -0.05) is 11.6 Å². The summed E-state index contributed by atoms with van der Waals surface area (Å²) in [5.41, 5.74) is 1.40. The summed E-state index contributed by atoms with van der Waals surface area (Å²) < 4.78 is 10.3. The number of esters is 1. The van der Waals surface area contributed by atoms with Crippen molar-refractivity contribution in [2.24, 2.45) is 0 Å². The third-order valence-corrected chi connectivity index (χ3v) is 3.40.